The molecule has 0 aliphatic carbocycles. The van der Waals surface area contributed by atoms with Gasteiger partial charge in [0.2, 0.25) is 5.95 Å². The Hall–Kier alpha value is -3.53. The second-order valence-electron chi connectivity index (χ2n) is 6.16. The Morgan fingerprint density at radius 2 is 2.07 bits per heavy atom. The van der Waals surface area contributed by atoms with Gasteiger partial charge in [-0.3, -0.25) is 14.5 Å². The highest BCUT2D eigenvalue weighted by Crippen LogP contribution is 2.24. The molecule has 29 heavy (non-hydrogen) atoms. The number of nitrogens with one attached hydrogen (secondary N) is 2. The molecule has 0 saturated carbocycles. The van der Waals surface area contributed by atoms with Crippen molar-refractivity contribution >= 4 is 50.3 Å². The molecule has 3 aromatic heterocycles. The normalized spacial score (nSPS) is 10.8. The smallest absolute Gasteiger partial charge is 0.325 e. The Morgan fingerprint density at radius 3 is 2.86 bits per heavy atom. The molecular weight excluding hydrogens is 438 g/mol. The molecule has 0 atom stereocenters. The van der Waals surface area contributed by atoms with E-state index in [0.717, 1.165) is 21.2 Å². The molecule has 146 valence electrons. The van der Waals surface area contributed by atoms with Gasteiger partial charge in [-0.1, -0.05) is 6.07 Å². The summed E-state index contributed by atoms with van der Waals surface area (Å²) in [5, 5.41) is 20.4. The minimum atomic E-state index is -0.951. The molecule has 0 unspecified atom stereocenters. The van der Waals surface area contributed by atoms with Crippen LogP contribution in [0.1, 0.15) is 5.69 Å². The molecule has 10 heteroatoms. The molecule has 0 saturated heterocycles. The van der Waals surface area contributed by atoms with Crippen LogP contribution in [0.3, 0.4) is 0 Å². The minimum absolute atomic E-state index is 0.205. The van der Waals surface area contributed by atoms with E-state index < -0.39 is 5.97 Å². The molecule has 0 spiro atoms. The maximum absolute atomic E-state index is 11.0. The van der Waals surface area contributed by atoms with E-state index in [-0.39, 0.29) is 6.54 Å². The third-order valence-electron chi connectivity index (χ3n) is 4.09. The quantitative estimate of drug-likeness (QED) is 0.389. The lowest BCUT2D eigenvalue weighted by Gasteiger charge is -2.10. The van der Waals surface area contributed by atoms with E-state index in [1.54, 1.807) is 18.6 Å². The average Bonchev–Trinajstić information content (AvgIpc) is 3.10. The van der Waals surface area contributed by atoms with E-state index >= 15 is 0 Å². The second kappa shape index (κ2) is 8.23. The summed E-state index contributed by atoms with van der Waals surface area (Å²) >= 11 is 3.45. The molecular formula is C19H16BrN7O2. The van der Waals surface area contributed by atoms with Gasteiger partial charge in [-0.15, -0.1) is 0 Å². The van der Waals surface area contributed by atoms with Crippen LogP contribution in [-0.4, -0.2) is 35.8 Å². The number of carbonyl (C=O) groups is 1. The molecule has 0 fully saturated rings. The molecule has 0 amide bonds. The SMILES string of the molecule is O=C(O)Cn1ncc2ccc(Nc3ncc(Br)c(NCc4ccccn4)n3)cc21. The van der Waals surface area contributed by atoms with E-state index in [4.69, 9.17) is 5.11 Å². The van der Waals surface area contributed by atoms with Crippen LogP contribution in [0.15, 0.2) is 59.5 Å². The number of carboxylic acids is 1. The summed E-state index contributed by atoms with van der Waals surface area (Å²) in [7, 11) is 0. The number of pyridine rings is 1. The predicted octanol–water partition coefficient (Wildman–Crippen LogP) is 3.42. The van der Waals surface area contributed by atoms with Crippen LogP contribution in [0.4, 0.5) is 17.5 Å². The molecule has 4 rings (SSSR count). The summed E-state index contributed by atoms with van der Waals surface area (Å²) in [6, 6.07) is 11.3. The number of benzene rings is 1. The molecule has 4 aromatic rings. The van der Waals surface area contributed by atoms with Gasteiger partial charge in [-0.2, -0.15) is 10.1 Å². The Bertz CT molecular complexity index is 1160. The van der Waals surface area contributed by atoms with E-state index in [1.165, 1.54) is 4.68 Å². The lowest BCUT2D eigenvalue weighted by atomic mass is 10.2. The maximum Gasteiger partial charge on any atom is 0.325 e. The highest BCUT2D eigenvalue weighted by molar-refractivity contribution is 9.10. The first-order valence-corrected chi connectivity index (χ1v) is 9.48. The monoisotopic (exact) mass is 453 g/mol. The summed E-state index contributed by atoms with van der Waals surface area (Å²) in [6.45, 7) is 0.319. The Morgan fingerprint density at radius 1 is 1.17 bits per heavy atom. The standard InChI is InChI=1S/C19H16BrN7O2/c20-15-10-23-19(26-18(15)22-9-14-3-1-2-6-21-14)25-13-5-4-12-8-24-27(11-17(28)29)16(12)7-13/h1-8,10H,9,11H2,(H,28,29)(H2,22,23,25,26). The average molecular weight is 454 g/mol. The van der Waals surface area contributed by atoms with Crippen LogP contribution in [0.5, 0.6) is 0 Å². The highest BCUT2D eigenvalue weighted by atomic mass is 79.9. The van der Waals surface area contributed by atoms with Crippen molar-refractivity contribution in [3.05, 3.63) is 65.2 Å². The van der Waals surface area contributed by atoms with Crippen molar-refractivity contribution in [2.24, 2.45) is 0 Å². The van der Waals surface area contributed by atoms with Gasteiger partial charge in [0.25, 0.3) is 0 Å². The van der Waals surface area contributed by atoms with Crippen LogP contribution in [0.25, 0.3) is 10.9 Å². The van der Waals surface area contributed by atoms with Crippen LogP contribution in [0, 0.1) is 0 Å². The molecule has 0 aliphatic rings. The van der Waals surface area contributed by atoms with Crippen molar-refractivity contribution in [1.82, 2.24) is 24.7 Å². The van der Waals surface area contributed by atoms with Crippen LogP contribution < -0.4 is 10.6 Å². The van der Waals surface area contributed by atoms with Crippen molar-refractivity contribution in [3.63, 3.8) is 0 Å². The number of carboxylic acid groups (broad SMARTS) is 1. The third-order valence-corrected chi connectivity index (χ3v) is 4.67. The summed E-state index contributed by atoms with van der Waals surface area (Å²) in [6.07, 6.45) is 5.03. The lowest BCUT2D eigenvalue weighted by Crippen LogP contribution is -2.09. The number of anilines is 3. The van der Waals surface area contributed by atoms with Crippen molar-refractivity contribution < 1.29 is 9.90 Å². The summed E-state index contributed by atoms with van der Waals surface area (Å²) in [5.41, 5.74) is 2.33. The molecule has 0 radical (unpaired) electrons. The van der Waals surface area contributed by atoms with Gasteiger partial charge in [0.15, 0.2) is 0 Å². The van der Waals surface area contributed by atoms with E-state index in [2.05, 4.69) is 46.6 Å². The number of hydrogen-bond donors (Lipinski definition) is 3. The first-order chi connectivity index (χ1) is 14.1. The Labute approximate surface area is 174 Å². The number of nitrogens with zero attached hydrogens (tertiary/aromatic N) is 5. The molecule has 3 heterocycles. The number of halogens is 1. The summed E-state index contributed by atoms with van der Waals surface area (Å²) in [4.78, 5) is 24.1. The zero-order valence-electron chi connectivity index (χ0n) is 15.1. The number of aliphatic carboxylic acids is 1. The van der Waals surface area contributed by atoms with Gasteiger partial charge < -0.3 is 15.7 Å². The molecule has 1 aromatic carbocycles. The van der Waals surface area contributed by atoms with Crippen molar-refractivity contribution in [2.45, 2.75) is 13.1 Å². The van der Waals surface area contributed by atoms with Crippen LogP contribution in [0.2, 0.25) is 0 Å². The zero-order chi connectivity index (χ0) is 20.2. The minimum Gasteiger partial charge on any atom is -0.480 e. The van der Waals surface area contributed by atoms with Crippen molar-refractivity contribution in [2.75, 3.05) is 10.6 Å². The Kier molecular flexibility index (Phi) is 5.34. The number of fused-ring (bicyclic) bond motifs is 1. The van der Waals surface area contributed by atoms with Crippen LogP contribution >= 0.6 is 15.9 Å². The second-order valence-corrected chi connectivity index (χ2v) is 7.01. The number of aromatic nitrogens is 5. The molecule has 3 N–H and O–H groups in total. The van der Waals surface area contributed by atoms with Crippen LogP contribution in [-0.2, 0) is 17.9 Å². The fourth-order valence-corrected chi connectivity index (χ4v) is 3.09. The highest BCUT2D eigenvalue weighted by Gasteiger charge is 2.09. The molecule has 0 bridgehead atoms. The first kappa shape index (κ1) is 18.8. The molecule has 0 aliphatic heterocycles. The van der Waals surface area contributed by atoms with Gasteiger partial charge in [-0.05, 0) is 46.3 Å². The van der Waals surface area contributed by atoms with Crippen molar-refractivity contribution in [1.29, 1.82) is 0 Å². The van der Waals surface area contributed by atoms with Gasteiger partial charge in [0, 0.05) is 23.5 Å². The zero-order valence-corrected chi connectivity index (χ0v) is 16.7. The Balaban J connectivity index is 1.54. The predicted molar refractivity (Wildman–Crippen MR) is 112 cm³/mol. The molecule has 9 nitrogen and oxygen atoms in total. The fourth-order valence-electron chi connectivity index (χ4n) is 2.76. The van der Waals surface area contributed by atoms with E-state index in [0.29, 0.717) is 23.8 Å². The van der Waals surface area contributed by atoms with Gasteiger partial charge in [0.1, 0.15) is 12.4 Å². The van der Waals surface area contributed by atoms with Gasteiger partial charge in [0.05, 0.1) is 28.4 Å². The maximum atomic E-state index is 11.0. The topological polar surface area (TPSA) is 118 Å². The van der Waals surface area contributed by atoms with Gasteiger partial charge >= 0.3 is 5.97 Å². The lowest BCUT2D eigenvalue weighted by molar-refractivity contribution is -0.137. The number of rotatable bonds is 7. The first-order valence-electron chi connectivity index (χ1n) is 8.69. The number of hydrogen-bond acceptors (Lipinski definition) is 7. The summed E-state index contributed by atoms with van der Waals surface area (Å²) in [5.74, 6) is 0.0822. The van der Waals surface area contributed by atoms with Gasteiger partial charge in [-0.25, -0.2) is 4.98 Å². The van der Waals surface area contributed by atoms with Crippen molar-refractivity contribution in [3.8, 4) is 0 Å². The van der Waals surface area contributed by atoms with E-state index in [9.17, 15) is 4.79 Å². The fraction of sp³-hybridized carbons (Fsp3) is 0.105. The summed E-state index contributed by atoms with van der Waals surface area (Å²) < 4.78 is 2.17. The third kappa shape index (κ3) is 4.49. The largest absolute Gasteiger partial charge is 0.480 e. The van der Waals surface area contributed by atoms with E-state index in [1.807, 2.05) is 36.4 Å².